The molecule has 2 bridgehead atoms. The van der Waals surface area contributed by atoms with Gasteiger partial charge in [0.05, 0.1) is 52.9 Å². The number of likely N-dealkylation sites (N-methyl/N-ethyl adjacent to an activating group) is 1. The largest absolute Gasteiger partial charge is 0.497 e. The van der Waals surface area contributed by atoms with Crippen LogP contribution in [0.3, 0.4) is 0 Å². The van der Waals surface area contributed by atoms with Gasteiger partial charge in [-0.25, -0.2) is 0 Å². The Hall–Kier alpha value is -1.18. The molecule has 174 valence electrons. The number of benzene rings is 1. The van der Waals surface area contributed by atoms with E-state index in [1.807, 2.05) is 0 Å². The molecule has 0 N–H and O–H groups in total. The highest BCUT2D eigenvalue weighted by atomic mass is 16.6. The molecule has 2 fully saturated rings. The third kappa shape index (κ3) is 4.64. The van der Waals surface area contributed by atoms with Crippen molar-refractivity contribution in [1.29, 1.82) is 0 Å². The Morgan fingerprint density at radius 2 is 1.77 bits per heavy atom. The monoisotopic (exact) mass is 433 g/mol. The van der Waals surface area contributed by atoms with E-state index in [0.717, 1.165) is 31.6 Å². The van der Waals surface area contributed by atoms with Gasteiger partial charge in [0.15, 0.2) is 0 Å². The molecule has 6 nitrogen and oxygen atoms in total. The summed E-state index contributed by atoms with van der Waals surface area (Å²) in [4.78, 5) is 2.59. The van der Waals surface area contributed by atoms with E-state index in [1.165, 1.54) is 24.0 Å². The third-order valence-corrected chi connectivity index (χ3v) is 7.72. The summed E-state index contributed by atoms with van der Waals surface area (Å²) in [6.45, 7) is 4.80. The predicted octanol–water partition coefficient (Wildman–Crippen LogP) is 3.06. The van der Waals surface area contributed by atoms with Crippen LogP contribution in [-0.4, -0.2) is 84.5 Å². The van der Waals surface area contributed by atoms with E-state index in [0.29, 0.717) is 51.6 Å². The Labute approximate surface area is 187 Å². The number of piperidine rings is 1. The molecule has 3 aliphatic rings. The molecule has 1 unspecified atom stereocenters. The van der Waals surface area contributed by atoms with Gasteiger partial charge in [0.2, 0.25) is 0 Å². The number of fused-ring (bicyclic) bond motifs is 1. The van der Waals surface area contributed by atoms with Crippen LogP contribution in [0.15, 0.2) is 18.2 Å². The molecule has 1 aromatic rings. The summed E-state index contributed by atoms with van der Waals surface area (Å²) in [7, 11) is 5.75. The SMILES string of the molecule is COCCOCCOCCO[C@H]1CCC[C@H]2[C@H]3Cc4ccc(OC)cc4C12CCN3C. The lowest BCUT2D eigenvalue weighted by Gasteiger charge is -2.61. The summed E-state index contributed by atoms with van der Waals surface area (Å²) >= 11 is 0. The van der Waals surface area contributed by atoms with E-state index in [-0.39, 0.29) is 11.5 Å². The van der Waals surface area contributed by atoms with E-state index in [2.05, 4.69) is 30.1 Å². The molecule has 0 spiro atoms. The number of methoxy groups -OCH3 is 2. The van der Waals surface area contributed by atoms with Crippen LogP contribution in [-0.2, 0) is 30.8 Å². The molecule has 0 aromatic heterocycles. The Kier molecular flexibility index (Phi) is 7.88. The highest BCUT2D eigenvalue weighted by molar-refractivity contribution is 5.46. The van der Waals surface area contributed by atoms with Gasteiger partial charge in [0.1, 0.15) is 5.75 Å². The number of hydrogen-bond donors (Lipinski definition) is 0. The van der Waals surface area contributed by atoms with E-state index in [1.54, 1.807) is 14.2 Å². The van der Waals surface area contributed by atoms with Gasteiger partial charge >= 0.3 is 0 Å². The van der Waals surface area contributed by atoms with E-state index < -0.39 is 0 Å². The lowest BCUT2D eigenvalue weighted by molar-refractivity contribution is -0.115. The summed E-state index contributed by atoms with van der Waals surface area (Å²) in [6, 6.07) is 7.32. The number of ether oxygens (including phenoxy) is 5. The minimum absolute atomic E-state index is 0.0980. The molecule has 1 saturated carbocycles. The molecule has 4 rings (SSSR count). The second-order valence-electron chi connectivity index (χ2n) is 9.18. The fourth-order valence-corrected chi connectivity index (χ4v) is 6.26. The average Bonchev–Trinajstić information content (AvgIpc) is 2.80. The zero-order chi connectivity index (χ0) is 21.7. The van der Waals surface area contributed by atoms with Crippen molar-refractivity contribution in [2.75, 3.05) is 67.5 Å². The first-order chi connectivity index (χ1) is 15.2. The van der Waals surface area contributed by atoms with Gasteiger partial charge in [0.25, 0.3) is 0 Å². The van der Waals surface area contributed by atoms with Crippen LogP contribution in [0.25, 0.3) is 0 Å². The average molecular weight is 434 g/mol. The van der Waals surface area contributed by atoms with E-state index >= 15 is 0 Å². The van der Waals surface area contributed by atoms with Crippen molar-refractivity contribution < 1.29 is 23.7 Å². The topological polar surface area (TPSA) is 49.4 Å². The first kappa shape index (κ1) is 23.0. The van der Waals surface area contributed by atoms with E-state index in [9.17, 15) is 0 Å². The Morgan fingerprint density at radius 3 is 2.55 bits per heavy atom. The highest BCUT2D eigenvalue weighted by Crippen LogP contribution is 2.56. The van der Waals surface area contributed by atoms with Crippen molar-refractivity contribution in [3.8, 4) is 5.75 Å². The third-order valence-electron chi connectivity index (χ3n) is 7.72. The second-order valence-corrected chi connectivity index (χ2v) is 9.18. The maximum atomic E-state index is 6.59. The molecular weight excluding hydrogens is 394 g/mol. The molecule has 0 radical (unpaired) electrons. The van der Waals surface area contributed by atoms with Crippen molar-refractivity contribution in [2.45, 2.75) is 49.7 Å². The van der Waals surface area contributed by atoms with Crippen LogP contribution in [0.4, 0.5) is 0 Å². The van der Waals surface area contributed by atoms with Gasteiger partial charge in [-0.2, -0.15) is 0 Å². The van der Waals surface area contributed by atoms with Crippen LogP contribution < -0.4 is 4.74 Å². The van der Waals surface area contributed by atoms with Gasteiger partial charge in [-0.15, -0.1) is 0 Å². The molecule has 2 aliphatic carbocycles. The number of hydrogen-bond acceptors (Lipinski definition) is 6. The first-order valence-corrected chi connectivity index (χ1v) is 11.8. The molecule has 6 heteroatoms. The van der Waals surface area contributed by atoms with Crippen LogP contribution in [0.2, 0.25) is 0 Å². The quantitative estimate of drug-likeness (QED) is 0.500. The van der Waals surface area contributed by atoms with Crippen LogP contribution in [0, 0.1) is 5.92 Å². The zero-order valence-corrected chi connectivity index (χ0v) is 19.4. The standard InChI is InChI=1S/C25H39NO5/c1-26-10-9-25-21(23(26)17-19-7-8-20(28-3)18-22(19)25)5-4-6-24(25)31-16-15-30-14-13-29-12-11-27-2/h7-8,18,21,23-24H,4-6,9-17H2,1-3H3/t21-,23+,24-,25?/m0/s1. The second kappa shape index (κ2) is 10.6. The van der Waals surface area contributed by atoms with Gasteiger partial charge in [-0.3, -0.25) is 0 Å². The Bertz CT molecular complexity index is 713. The normalized spacial score (nSPS) is 30.0. The summed E-state index contributed by atoms with van der Waals surface area (Å²) in [5, 5.41) is 0. The molecule has 4 atom stereocenters. The van der Waals surface area contributed by atoms with Crippen LogP contribution in [0.1, 0.15) is 36.8 Å². The van der Waals surface area contributed by atoms with Gasteiger partial charge < -0.3 is 28.6 Å². The lowest BCUT2D eigenvalue weighted by atomic mass is 9.51. The number of likely N-dealkylation sites (tertiary alicyclic amines) is 1. The molecule has 0 amide bonds. The molecule has 1 saturated heterocycles. The maximum Gasteiger partial charge on any atom is 0.119 e. The van der Waals surface area contributed by atoms with Crippen LogP contribution in [0.5, 0.6) is 5.75 Å². The molecular formula is C25H39NO5. The summed E-state index contributed by atoms with van der Waals surface area (Å²) in [5.41, 5.74) is 3.06. The summed E-state index contributed by atoms with van der Waals surface area (Å²) in [5.74, 6) is 1.62. The van der Waals surface area contributed by atoms with Gasteiger partial charge in [0, 0.05) is 18.6 Å². The number of rotatable bonds is 11. The minimum atomic E-state index is 0.0980. The zero-order valence-electron chi connectivity index (χ0n) is 19.4. The Balaban J connectivity index is 1.43. The van der Waals surface area contributed by atoms with Crippen molar-refractivity contribution in [3.05, 3.63) is 29.3 Å². The fourth-order valence-electron chi connectivity index (χ4n) is 6.26. The fraction of sp³-hybridized carbons (Fsp3) is 0.760. The number of nitrogens with zero attached hydrogens (tertiary/aromatic N) is 1. The smallest absolute Gasteiger partial charge is 0.119 e. The van der Waals surface area contributed by atoms with Gasteiger partial charge in [-0.1, -0.05) is 12.5 Å². The molecule has 1 heterocycles. The van der Waals surface area contributed by atoms with Crippen LogP contribution >= 0.6 is 0 Å². The molecule has 31 heavy (non-hydrogen) atoms. The molecule has 1 aliphatic heterocycles. The first-order valence-electron chi connectivity index (χ1n) is 11.8. The van der Waals surface area contributed by atoms with E-state index in [4.69, 9.17) is 23.7 Å². The van der Waals surface area contributed by atoms with Crippen molar-refractivity contribution in [1.82, 2.24) is 4.90 Å². The lowest BCUT2D eigenvalue weighted by Crippen LogP contribution is -2.64. The van der Waals surface area contributed by atoms with Crippen molar-refractivity contribution in [2.24, 2.45) is 5.92 Å². The summed E-state index contributed by atoms with van der Waals surface area (Å²) in [6.07, 6.45) is 6.21. The minimum Gasteiger partial charge on any atom is -0.497 e. The maximum absolute atomic E-state index is 6.59. The van der Waals surface area contributed by atoms with Crippen molar-refractivity contribution >= 4 is 0 Å². The van der Waals surface area contributed by atoms with Crippen molar-refractivity contribution in [3.63, 3.8) is 0 Å². The Morgan fingerprint density at radius 1 is 1.00 bits per heavy atom. The summed E-state index contributed by atoms with van der Waals surface area (Å²) < 4.78 is 28.4. The van der Waals surface area contributed by atoms with Gasteiger partial charge in [-0.05, 0) is 68.5 Å². The molecule has 1 aromatic carbocycles. The predicted molar refractivity (Wildman–Crippen MR) is 120 cm³/mol. The highest BCUT2D eigenvalue weighted by Gasteiger charge is 2.58.